The highest BCUT2D eigenvalue weighted by molar-refractivity contribution is 5.57. The van der Waals surface area contributed by atoms with Gasteiger partial charge in [-0.25, -0.2) is 0 Å². The van der Waals surface area contributed by atoms with Crippen molar-refractivity contribution in [1.82, 2.24) is 0 Å². The van der Waals surface area contributed by atoms with Gasteiger partial charge in [0.25, 0.3) is 0 Å². The first-order chi connectivity index (χ1) is 9.02. The number of aliphatic hydroxyl groups is 1. The van der Waals surface area contributed by atoms with Crippen LogP contribution in [-0.4, -0.2) is 28.4 Å². The first-order valence-electron chi connectivity index (χ1n) is 6.26. The zero-order valence-corrected chi connectivity index (χ0v) is 10.7. The van der Waals surface area contributed by atoms with Crippen molar-refractivity contribution in [2.75, 3.05) is 7.11 Å². The quantitative estimate of drug-likeness (QED) is 0.647. The Balaban J connectivity index is 2.35. The van der Waals surface area contributed by atoms with E-state index in [1.54, 1.807) is 6.07 Å². The fourth-order valence-electron chi connectivity index (χ4n) is 2.55. The molecule has 0 heterocycles. The van der Waals surface area contributed by atoms with Gasteiger partial charge < -0.3 is 14.9 Å². The van der Waals surface area contributed by atoms with Crippen LogP contribution in [0, 0.1) is 10.1 Å². The number of aromatic hydroxyl groups is 1. The summed E-state index contributed by atoms with van der Waals surface area (Å²) < 4.78 is 4.98. The van der Waals surface area contributed by atoms with Gasteiger partial charge in [0.2, 0.25) is 5.75 Å². The zero-order valence-electron chi connectivity index (χ0n) is 10.7. The van der Waals surface area contributed by atoms with E-state index in [0.29, 0.717) is 12.8 Å². The Morgan fingerprint density at radius 1 is 1.32 bits per heavy atom. The fraction of sp³-hybridized carbons (Fsp3) is 0.538. The van der Waals surface area contributed by atoms with Crippen LogP contribution in [0.2, 0.25) is 0 Å². The molecule has 1 aromatic rings. The molecule has 2 N–H and O–H groups in total. The molecule has 1 fully saturated rings. The summed E-state index contributed by atoms with van der Waals surface area (Å²) in [5.74, 6) is -0.154. The standard InChI is InChI=1S/C13H17NO5/c1-19-12-7-9(6-11(13(12)16)14(17)18)8-2-4-10(15)5-3-8/h6-8,10,15-16H,2-5H2,1H3. The van der Waals surface area contributed by atoms with Crippen molar-refractivity contribution in [3.8, 4) is 11.5 Å². The number of ether oxygens (including phenoxy) is 1. The summed E-state index contributed by atoms with van der Waals surface area (Å²) >= 11 is 0. The second-order valence-corrected chi connectivity index (χ2v) is 4.85. The van der Waals surface area contributed by atoms with E-state index < -0.39 is 10.7 Å². The molecule has 0 atom stereocenters. The van der Waals surface area contributed by atoms with Gasteiger partial charge in [0.05, 0.1) is 18.1 Å². The molecular formula is C13H17NO5. The third-order valence-electron chi connectivity index (χ3n) is 3.66. The van der Waals surface area contributed by atoms with Crippen LogP contribution in [-0.2, 0) is 0 Å². The van der Waals surface area contributed by atoms with E-state index in [2.05, 4.69) is 0 Å². The molecule has 104 valence electrons. The van der Waals surface area contributed by atoms with E-state index in [4.69, 9.17) is 4.74 Å². The highest BCUT2D eigenvalue weighted by Crippen LogP contribution is 2.42. The topological polar surface area (TPSA) is 92.8 Å². The average Bonchev–Trinajstić information content (AvgIpc) is 2.39. The van der Waals surface area contributed by atoms with Gasteiger partial charge in [-0.3, -0.25) is 10.1 Å². The van der Waals surface area contributed by atoms with Crippen LogP contribution in [0.15, 0.2) is 12.1 Å². The van der Waals surface area contributed by atoms with Crippen LogP contribution in [0.4, 0.5) is 5.69 Å². The van der Waals surface area contributed by atoms with Gasteiger partial charge in [0.15, 0.2) is 5.75 Å². The van der Waals surface area contributed by atoms with Gasteiger partial charge in [-0.1, -0.05) is 0 Å². The van der Waals surface area contributed by atoms with Gasteiger partial charge in [0, 0.05) is 6.07 Å². The fourth-order valence-corrected chi connectivity index (χ4v) is 2.55. The number of phenolic OH excluding ortho intramolecular Hbond substituents is 1. The predicted molar refractivity (Wildman–Crippen MR) is 68.5 cm³/mol. The molecule has 6 heteroatoms. The van der Waals surface area contributed by atoms with E-state index in [-0.39, 0.29) is 23.5 Å². The Morgan fingerprint density at radius 3 is 2.47 bits per heavy atom. The Labute approximate surface area is 110 Å². The summed E-state index contributed by atoms with van der Waals surface area (Å²) in [6, 6.07) is 3.05. The smallest absolute Gasteiger partial charge is 0.314 e. The van der Waals surface area contributed by atoms with E-state index in [1.807, 2.05) is 0 Å². The lowest BCUT2D eigenvalue weighted by Crippen LogP contribution is -2.17. The van der Waals surface area contributed by atoms with E-state index >= 15 is 0 Å². The van der Waals surface area contributed by atoms with Crippen molar-refractivity contribution >= 4 is 5.69 Å². The number of hydrogen-bond acceptors (Lipinski definition) is 5. The number of hydrogen-bond donors (Lipinski definition) is 2. The second kappa shape index (κ2) is 5.44. The molecule has 1 aliphatic rings. The Morgan fingerprint density at radius 2 is 1.95 bits per heavy atom. The normalized spacial score (nSPS) is 23.1. The number of methoxy groups -OCH3 is 1. The van der Waals surface area contributed by atoms with E-state index in [9.17, 15) is 20.3 Å². The van der Waals surface area contributed by atoms with Crippen molar-refractivity contribution < 1.29 is 19.9 Å². The Hall–Kier alpha value is -1.82. The number of aliphatic hydroxyl groups excluding tert-OH is 1. The van der Waals surface area contributed by atoms with Gasteiger partial charge in [0.1, 0.15) is 0 Å². The summed E-state index contributed by atoms with van der Waals surface area (Å²) in [7, 11) is 1.37. The van der Waals surface area contributed by atoms with Crippen LogP contribution >= 0.6 is 0 Å². The molecule has 0 bridgehead atoms. The first kappa shape index (κ1) is 13.6. The molecule has 1 aromatic carbocycles. The molecule has 1 saturated carbocycles. The second-order valence-electron chi connectivity index (χ2n) is 4.85. The van der Waals surface area contributed by atoms with Crippen LogP contribution in [0.5, 0.6) is 11.5 Å². The summed E-state index contributed by atoms with van der Waals surface area (Å²) in [5.41, 5.74) is 0.453. The van der Waals surface area contributed by atoms with Gasteiger partial charge in [-0.15, -0.1) is 0 Å². The monoisotopic (exact) mass is 267 g/mol. The largest absolute Gasteiger partial charge is 0.500 e. The molecule has 1 aliphatic carbocycles. The minimum absolute atomic E-state index is 0.121. The average molecular weight is 267 g/mol. The maximum Gasteiger partial charge on any atom is 0.314 e. The number of rotatable bonds is 3. The lowest BCUT2D eigenvalue weighted by molar-refractivity contribution is -0.386. The van der Waals surface area contributed by atoms with Crippen LogP contribution in [0.25, 0.3) is 0 Å². The van der Waals surface area contributed by atoms with Crippen molar-refractivity contribution in [3.63, 3.8) is 0 Å². The zero-order chi connectivity index (χ0) is 14.0. The minimum Gasteiger partial charge on any atom is -0.500 e. The van der Waals surface area contributed by atoms with E-state index in [1.165, 1.54) is 13.2 Å². The molecule has 2 rings (SSSR count). The van der Waals surface area contributed by atoms with Crippen molar-refractivity contribution in [2.24, 2.45) is 0 Å². The predicted octanol–water partition coefficient (Wildman–Crippen LogP) is 2.33. The molecule has 0 unspecified atom stereocenters. The maximum absolute atomic E-state index is 10.9. The highest BCUT2D eigenvalue weighted by atomic mass is 16.6. The van der Waals surface area contributed by atoms with Crippen LogP contribution < -0.4 is 4.74 Å². The molecular weight excluding hydrogens is 250 g/mol. The number of nitro benzene ring substituents is 1. The lowest BCUT2D eigenvalue weighted by Gasteiger charge is -2.25. The highest BCUT2D eigenvalue weighted by Gasteiger charge is 2.26. The summed E-state index contributed by atoms with van der Waals surface area (Å²) in [6.45, 7) is 0. The summed E-state index contributed by atoms with van der Waals surface area (Å²) in [5, 5.41) is 30.1. The summed E-state index contributed by atoms with van der Waals surface area (Å²) in [4.78, 5) is 10.3. The Kier molecular flexibility index (Phi) is 3.90. The number of nitrogens with zero attached hydrogens (tertiary/aromatic N) is 1. The van der Waals surface area contributed by atoms with Gasteiger partial charge in [-0.2, -0.15) is 0 Å². The van der Waals surface area contributed by atoms with Crippen molar-refractivity contribution in [2.45, 2.75) is 37.7 Å². The number of benzene rings is 1. The Bertz CT molecular complexity index is 480. The number of nitro groups is 1. The van der Waals surface area contributed by atoms with E-state index in [0.717, 1.165) is 18.4 Å². The number of phenols is 1. The maximum atomic E-state index is 10.9. The third-order valence-corrected chi connectivity index (χ3v) is 3.66. The van der Waals surface area contributed by atoms with Gasteiger partial charge in [-0.05, 0) is 43.2 Å². The minimum atomic E-state index is -0.612. The van der Waals surface area contributed by atoms with Crippen molar-refractivity contribution in [1.29, 1.82) is 0 Å². The van der Waals surface area contributed by atoms with Crippen LogP contribution in [0.3, 0.4) is 0 Å². The third kappa shape index (κ3) is 2.78. The summed E-state index contributed by atoms with van der Waals surface area (Å²) in [6.07, 6.45) is 2.69. The molecule has 0 amide bonds. The SMILES string of the molecule is COc1cc(C2CCC(O)CC2)cc([N+](=O)[O-])c1O. The molecule has 6 nitrogen and oxygen atoms in total. The molecule has 0 radical (unpaired) electrons. The molecule has 0 spiro atoms. The molecule has 0 saturated heterocycles. The first-order valence-corrected chi connectivity index (χ1v) is 6.26. The molecule has 0 aliphatic heterocycles. The van der Waals surface area contributed by atoms with Gasteiger partial charge >= 0.3 is 5.69 Å². The van der Waals surface area contributed by atoms with Crippen LogP contribution in [0.1, 0.15) is 37.2 Å². The molecule has 0 aromatic heterocycles. The molecule has 19 heavy (non-hydrogen) atoms. The van der Waals surface area contributed by atoms with Crippen molar-refractivity contribution in [3.05, 3.63) is 27.8 Å². The lowest BCUT2D eigenvalue weighted by atomic mass is 9.82.